The summed E-state index contributed by atoms with van der Waals surface area (Å²) in [6.07, 6.45) is 2.55. The van der Waals surface area contributed by atoms with Crippen LogP contribution in [0.4, 0.5) is 0 Å². The molecule has 0 spiro atoms. The van der Waals surface area contributed by atoms with Crippen LogP contribution < -0.4 is 0 Å². The summed E-state index contributed by atoms with van der Waals surface area (Å²) in [5.74, 6) is 0.718. The second-order valence-corrected chi connectivity index (χ2v) is 7.45. The van der Waals surface area contributed by atoms with Crippen molar-refractivity contribution < 1.29 is 4.79 Å². The van der Waals surface area contributed by atoms with Crippen molar-refractivity contribution in [1.29, 1.82) is 0 Å². The van der Waals surface area contributed by atoms with E-state index < -0.39 is 0 Å². The lowest BCUT2D eigenvalue weighted by atomic mass is 10.1. The first kappa shape index (κ1) is 19.8. The van der Waals surface area contributed by atoms with Gasteiger partial charge in [-0.15, -0.1) is 0 Å². The van der Waals surface area contributed by atoms with Gasteiger partial charge in [0.25, 0.3) is 5.78 Å². The van der Waals surface area contributed by atoms with Gasteiger partial charge in [-0.2, -0.15) is 10.1 Å². The van der Waals surface area contributed by atoms with Crippen molar-refractivity contribution in [2.45, 2.75) is 39.8 Å². The summed E-state index contributed by atoms with van der Waals surface area (Å²) in [4.78, 5) is 23.8. The molecule has 0 bridgehead atoms. The van der Waals surface area contributed by atoms with Crippen LogP contribution in [0, 0.1) is 13.8 Å². The van der Waals surface area contributed by atoms with Gasteiger partial charge < -0.3 is 4.90 Å². The van der Waals surface area contributed by atoms with Crippen molar-refractivity contribution in [3.63, 3.8) is 0 Å². The number of benzene rings is 2. The van der Waals surface area contributed by atoms with Crippen molar-refractivity contribution in [2.75, 3.05) is 0 Å². The Balaban J connectivity index is 1.52. The molecule has 0 aliphatic carbocycles. The summed E-state index contributed by atoms with van der Waals surface area (Å²) in [7, 11) is 0. The van der Waals surface area contributed by atoms with E-state index >= 15 is 0 Å². The average molecular weight is 399 g/mol. The van der Waals surface area contributed by atoms with Gasteiger partial charge in [-0.05, 0) is 37.0 Å². The van der Waals surface area contributed by atoms with Gasteiger partial charge in [0.15, 0.2) is 0 Å². The molecule has 30 heavy (non-hydrogen) atoms. The van der Waals surface area contributed by atoms with Crippen LogP contribution in [0.25, 0.3) is 5.78 Å². The maximum Gasteiger partial charge on any atom is 0.252 e. The van der Waals surface area contributed by atoms with Crippen molar-refractivity contribution in [3.05, 3.63) is 95.1 Å². The number of rotatable bonds is 7. The maximum atomic E-state index is 13.2. The smallest absolute Gasteiger partial charge is 0.252 e. The van der Waals surface area contributed by atoms with Crippen molar-refractivity contribution >= 4 is 11.7 Å². The lowest BCUT2D eigenvalue weighted by Crippen LogP contribution is -2.30. The highest BCUT2D eigenvalue weighted by Gasteiger charge is 2.17. The number of hydrogen-bond donors (Lipinski definition) is 0. The van der Waals surface area contributed by atoms with E-state index in [-0.39, 0.29) is 5.91 Å². The molecule has 152 valence electrons. The predicted octanol–water partition coefficient (Wildman–Crippen LogP) is 3.90. The molecular formula is C24H25N5O. The molecule has 4 rings (SSSR count). The summed E-state index contributed by atoms with van der Waals surface area (Å²) in [6.45, 7) is 5.15. The summed E-state index contributed by atoms with van der Waals surface area (Å²) in [5.41, 5.74) is 5.19. The number of fused-ring (bicyclic) bond motifs is 1. The molecule has 1 amide bonds. The third-order valence-electron chi connectivity index (χ3n) is 5.36. The monoisotopic (exact) mass is 399 g/mol. The Morgan fingerprint density at radius 2 is 1.53 bits per heavy atom. The van der Waals surface area contributed by atoms with Gasteiger partial charge in [-0.3, -0.25) is 4.79 Å². The molecule has 0 radical (unpaired) electrons. The number of hydrogen-bond acceptors (Lipinski definition) is 4. The molecular weight excluding hydrogens is 374 g/mol. The lowest BCUT2D eigenvalue weighted by molar-refractivity contribution is -0.132. The summed E-state index contributed by atoms with van der Waals surface area (Å²) in [5, 5.41) is 4.24. The van der Waals surface area contributed by atoms with E-state index in [9.17, 15) is 4.79 Å². The quantitative estimate of drug-likeness (QED) is 0.473. The van der Waals surface area contributed by atoms with Crippen molar-refractivity contribution in [1.82, 2.24) is 24.5 Å². The maximum absolute atomic E-state index is 13.2. The number of aromatic nitrogens is 4. The zero-order chi connectivity index (χ0) is 20.9. The molecule has 0 saturated heterocycles. The molecule has 0 aliphatic rings. The molecule has 2 aromatic heterocycles. The molecule has 6 heteroatoms. The van der Waals surface area contributed by atoms with Crippen LogP contribution in [0.2, 0.25) is 0 Å². The van der Waals surface area contributed by atoms with E-state index in [0.29, 0.717) is 31.7 Å². The zero-order valence-electron chi connectivity index (χ0n) is 17.3. The highest BCUT2D eigenvalue weighted by atomic mass is 16.2. The number of nitrogens with zero attached hydrogens (tertiary/aromatic N) is 5. The molecule has 2 aromatic carbocycles. The average Bonchev–Trinajstić information content (AvgIpc) is 3.23. The first-order chi connectivity index (χ1) is 14.6. The van der Waals surface area contributed by atoms with Crippen LogP contribution >= 0.6 is 0 Å². The molecule has 4 aromatic rings. The van der Waals surface area contributed by atoms with E-state index in [1.807, 2.05) is 55.1 Å². The standard InChI is InChI=1S/C24H25N5O/c1-18-22(19(2)29-24(27-18)25-17-26-29)13-14-23(30)28(15-20-9-5-3-6-10-20)16-21-11-7-4-8-12-21/h3-12,17H,13-16H2,1-2H3. The van der Waals surface area contributed by atoms with Crippen LogP contribution in [0.1, 0.15) is 34.5 Å². The Hall–Kier alpha value is -3.54. The van der Waals surface area contributed by atoms with Crippen molar-refractivity contribution in [2.24, 2.45) is 0 Å². The minimum atomic E-state index is 0.125. The highest BCUT2D eigenvalue weighted by molar-refractivity contribution is 5.76. The molecule has 0 N–H and O–H groups in total. The fraction of sp³-hybridized carbons (Fsp3) is 0.250. The first-order valence-electron chi connectivity index (χ1n) is 10.1. The number of aryl methyl sites for hydroxylation is 2. The number of amides is 1. The Morgan fingerprint density at radius 1 is 0.933 bits per heavy atom. The minimum Gasteiger partial charge on any atom is -0.334 e. The normalized spacial score (nSPS) is 11.0. The Labute approximate surface area is 176 Å². The second-order valence-electron chi connectivity index (χ2n) is 7.45. The number of carbonyl (C=O) groups excluding carboxylic acids is 1. The molecule has 2 heterocycles. The highest BCUT2D eigenvalue weighted by Crippen LogP contribution is 2.17. The van der Waals surface area contributed by atoms with E-state index in [1.165, 1.54) is 6.33 Å². The minimum absolute atomic E-state index is 0.125. The fourth-order valence-corrected chi connectivity index (χ4v) is 3.75. The Bertz CT molecular complexity index is 1100. The topological polar surface area (TPSA) is 63.4 Å². The zero-order valence-corrected chi connectivity index (χ0v) is 17.3. The molecule has 0 fully saturated rings. The summed E-state index contributed by atoms with van der Waals surface area (Å²) >= 11 is 0. The van der Waals surface area contributed by atoms with Crippen LogP contribution in [0.15, 0.2) is 67.0 Å². The molecule has 0 atom stereocenters. The van der Waals surface area contributed by atoms with Gasteiger partial charge >= 0.3 is 0 Å². The summed E-state index contributed by atoms with van der Waals surface area (Å²) in [6, 6.07) is 20.2. The third-order valence-corrected chi connectivity index (χ3v) is 5.36. The van der Waals surface area contributed by atoms with Crippen LogP contribution in [-0.4, -0.2) is 30.4 Å². The predicted molar refractivity (Wildman–Crippen MR) is 116 cm³/mol. The summed E-state index contributed by atoms with van der Waals surface area (Å²) < 4.78 is 1.73. The Morgan fingerprint density at radius 3 is 2.13 bits per heavy atom. The van der Waals surface area contributed by atoms with Crippen molar-refractivity contribution in [3.8, 4) is 0 Å². The van der Waals surface area contributed by atoms with Gasteiger partial charge in [0.2, 0.25) is 5.91 Å². The van der Waals surface area contributed by atoms with Gasteiger partial charge in [0, 0.05) is 30.9 Å². The SMILES string of the molecule is Cc1nc2ncnn2c(C)c1CCC(=O)N(Cc1ccccc1)Cc1ccccc1. The van der Waals surface area contributed by atoms with Gasteiger partial charge in [0.1, 0.15) is 6.33 Å². The molecule has 0 saturated carbocycles. The van der Waals surface area contributed by atoms with E-state index in [0.717, 1.165) is 28.1 Å². The van der Waals surface area contributed by atoms with Gasteiger partial charge in [-0.25, -0.2) is 9.50 Å². The first-order valence-corrected chi connectivity index (χ1v) is 10.1. The lowest BCUT2D eigenvalue weighted by Gasteiger charge is -2.23. The van der Waals surface area contributed by atoms with Gasteiger partial charge in [-0.1, -0.05) is 60.7 Å². The molecule has 6 nitrogen and oxygen atoms in total. The third kappa shape index (κ3) is 4.38. The van der Waals surface area contributed by atoms with E-state index in [2.05, 4.69) is 39.3 Å². The second kappa shape index (κ2) is 8.86. The Kier molecular flexibility index (Phi) is 5.84. The van der Waals surface area contributed by atoms with Gasteiger partial charge in [0.05, 0.1) is 0 Å². The molecule has 0 aliphatic heterocycles. The van der Waals surface area contributed by atoms with E-state index in [4.69, 9.17) is 0 Å². The fourth-order valence-electron chi connectivity index (χ4n) is 3.75. The van der Waals surface area contributed by atoms with Crippen LogP contribution in [0.5, 0.6) is 0 Å². The van der Waals surface area contributed by atoms with Crippen LogP contribution in [-0.2, 0) is 24.3 Å². The van der Waals surface area contributed by atoms with Crippen LogP contribution in [0.3, 0.4) is 0 Å². The molecule has 0 unspecified atom stereocenters. The van der Waals surface area contributed by atoms with E-state index in [1.54, 1.807) is 4.52 Å². The number of carbonyl (C=O) groups is 1. The largest absolute Gasteiger partial charge is 0.334 e.